The largest absolute Gasteiger partial charge is 0.507 e. The number of carbonyl (C=O) groups excluding carboxylic acids is 2. The average Bonchev–Trinajstić information content (AvgIpc) is 3.43. The van der Waals surface area contributed by atoms with E-state index in [4.69, 9.17) is 9.15 Å². The van der Waals surface area contributed by atoms with Gasteiger partial charge in [0.15, 0.2) is 16.8 Å². The number of carbonyl (C=O) groups is 3. The number of hydrogen-bond acceptors (Lipinski definition) is 8. The number of carboxylic acids is 1. The lowest BCUT2D eigenvalue weighted by Gasteiger charge is -2.21. The minimum Gasteiger partial charge on any atom is -0.507 e. The van der Waals surface area contributed by atoms with Crippen LogP contribution in [0.4, 0.5) is 0 Å². The van der Waals surface area contributed by atoms with Crippen molar-refractivity contribution in [2.75, 3.05) is 0 Å². The number of phenols is 2. The van der Waals surface area contributed by atoms with Crippen molar-refractivity contribution in [2.24, 2.45) is 0 Å². The van der Waals surface area contributed by atoms with Crippen LogP contribution in [-0.4, -0.2) is 39.0 Å². The molecule has 2 atom stereocenters. The first-order valence-corrected chi connectivity index (χ1v) is 10.4. The normalized spacial score (nSPS) is 21.1. The number of rotatable bonds is 4. The van der Waals surface area contributed by atoms with Crippen molar-refractivity contribution in [3.05, 3.63) is 80.2 Å². The SMILES string of the molecule is C/C=C\C1OC1(C)c1cc(=O)c2c(CC(=O)O)cc3c(c2o1)C(=O)c1c(O)ccc(O)c1C3=O. The van der Waals surface area contributed by atoms with Crippen molar-refractivity contribution in [3.8, 4) is 11.5 Å². The molecule has 2 heterocycles. The lowest BCUT2D eigenvalue weighted by molar-refractivity contribution is -0.136. The maximum Gasteiger partial charge on any atom is 0.307 e. The quantitative estimate of drug-likeness (QED) is 0.236. The zero-order chi connectivity index (χ0) is 24.5. The van der Waals surface area contributed by atoms with Gasteiger partial charge in [0.1, 0.15) is 28.9 Å². The number of phenolic OH excluding ortho intramolecular Hbond substituents is 2. The summed E-state index contributed by atoms with van der Waals surface area (Å²) in [6.07, 6.45) is 2.56. The summed E-state index contributed by atoms with van der Waals surface area (Å²) in [5, 5.41) is 29.8. The average molecular weight is 462 g/mol. The summed E-state index contributed by atoms with van der Waals surface area (Å²) in [6.45, 7) is 3.50. The second-order valence-corrected chi connectivity index (χ2v) is 8.39. The van der Waals surface area contributed by atoms with Crippen molar-refractivity contribution < 1.29 is 38.9 Å². The Kier molecular flexibility index (Phi) is 4.53. The zero-order valence-electron chi connectivity index (χ0n) is 18.0. The highest BCUT2D eigenvalue weighted by Gasteiger charge is 2.55. The molecule has 1 fully saturated rings. The van der Waals surface area contributed by atoms with Crippen LogP contribution < -0.4 is 5.43 Å². The minimum atomic E-state index is -1.26. The fourth-order valence-electron chi connectivity index (χ4n) is 4.49. The highest BCUT2D eigenvalue weighted by molar-refractivity contribution is 6.33. The van der Waals surface area contributed by atoms with Gasteiger partial charge in [-0.3, -0.25) is 19.2 Å². The molecule has 0 amide bonds. The summed E-state index contributed by atoms with van der Waals surface area (Å²) in [6, 6.07) is 4.51. The van der Waals surface area contributed by atoms with E-state index in [9.17, 15) is 34.5 Å². The Morgan fingerprint density at radius 1 is 1.06 bits per heavy atom. The third-order valence-electron chi connectivity index (χ3n) is 6.23. The van der Waals surface area contributed by atoms with E-state index in [-0.39, 0.29) is 39.5 Å². The molecular formula is C25H18O9. The maximum absolute atomic E-state index is 13.5. The van der Waals surface area contributed by atoms with Gasteiger partial charge in [0.2, 0.25) is 5.78 Å². The van der Waals surface area contributed by atoms with Gasteiger partial charge in [-0.25, -0.2) is 0 Å². The lowest BCUT2D eigenvalue weighted by atomic mass is 9.80. The second-order valence-electron chi connectivity index (χ2n) is 8.39. The molecule has 0 spiro atoms. The van der Waals surface area contributed by atoms with E-state index in [1.807, 2.05) is 0 Å². The Bertz CT molecular complexity index is 1540. The van der Waals surface area contributed by atoms with Crippen LogP contribution in [0.2, 0.25) is 0 Å². The molecule has 0 bridgehead atoms. The lowest BCUT2D eigenvalue weighted by Crippen LogP contribution is -2.24. The molecule has 2 aliphatic rings. The van der Waals surface area contributed by atoms with Gasteiger partial charge in [-0.05, 0) is 37.6 Å². The molecule has 3 N–H and O–H groups in total. The smallest absolute Gasteiger partial charge is 0.307 e. The molecule has 2 aromatic carbocycles. The summed E-state index contributed by atoms with van der Waals surface area (Å²) < 4.78 is 11.7. The summed E-state index contributed by atoms with van der Waals surface area (Å²) in [5.74, 6) is -3.83. The van der Waals surface area contributed by atoms with Gasteiger partial charge >= 0.3 is 5.97 Å². The molecule has 9 heteroatoms. The van der Waals surface area contributed by atoms with E-state index in [1.165, 1.54) is 6.07 Å². The van der Waals surface area contributed by atoms with Crippen molar-refractivity contribution in [2.45, 2.75) is 32.0 Å². The molecule has 1 aromatic heterocycles. The van der Waals surface area contributed by atoms with Gasteiger partial charge in [0.05, 0.1) is 28.5 Å². The maximum atomic E-state index is 13.5. The van der Waals surface area contributed by atoms with E-state index in [1.54, 1.807) is 26.0 Å². The molecule has 172 valence electrons. The van der Waals surface area contributed by atoms with Crippen LogP contribution in [0.15, 0.2) is 45.6 Å². The molecule has 34 heavy (non-hydrogen) atoms. The Morgan fingerprint density at radius 2 is 1.71 bits per heavy atom. The number of aromatic hydroxyl groups is 2. The van der Waals surface area contributed by atoms with Crippen molar-refractivity contribution in [3.63, 3.8) is 0 Å². The molecule has 0 saturated carbocycles. The number of fused-ring (bicyclic) bond motifs is 4. The summed E-state index contributed by atoms with van der Waals surface area (Å²) in [4.78, 5) is 51.5. The van der Waals surface area contributed by atoms with Gasteiger partial charge in [-0.2, -0.15) is 0 Å². The second kappa shape index (κ2) is 7.13. The number of ether oxygens (including phenoxy) is 1. The number of epoxide rings is 1. The number of benzene rings is 2. The number of ketones is 2. The molecule has 1 aliphatic carbocycles. The topological polar surface area (TPSA) is 155 Å². The van der Waals surface area contributed by atoms with Gasteiger partial charge in [-0.1, -0.05) is 12.2 Å². The summed E-state index contributed by atoms with van der Waals surface area (Å²) >= 11 is 0. The van der Waals surface area contributed by atoms with Crippen LogP contribution in [0.3, 0.4) is 0 Å². The fraction of sp³-hybridized carbons (Fsp3) is 0.200. The molecule has 3 aromatic rings. The number of allylic oxidation sites excluding steroid dienone is 1. The van der Waals surface area contributed by atoms with Gasteiger partial charge in [-0.15, -0.1) is 0 Å². The standard InChI is InChI=1S/C25H18O9/c1-3-4-15-25(2,34-15)16-9-14(28)18-10(8-17(29)30)7-11-19(24(18)33-16)23(32)21-13(27)6-5-12(26)20(21)22(11)31/h3-7,9,15,26-27H,8H2,1-2H3,(H,29,30)/b4-3-. The molecule has 1 aliphatic heterocycles. The van der Waals surface area contributed by atoms with E-state index in [0.717, 1.165) is 18.2 Å². The third kappa shape index (κ3) is 2.90. The summed E-state index contributed by atoms with van der Waals surface area (Å²) in [5.41, 5.74) is -3.20. The molecule has 2 unspecified atom stereocenters. The van der Waals surface area contributed by atoms with E-state index in [0.29, 0.717) is 0 Å². The van der Waals surface area contributed by atoms with Crippen LogP contribution in [0.25, 0.3) is 11.0 Å². The van der Waals surface area contributed by atoms with Crippen LogP contribution in [0.5, 0.6) is 11.5 Å². The Labute approximate surface area is 191 Å². The fourth-order valence-corrected chi connectivity index (χ4v) is 4.49. The van der Waals surface area contributed by atoms with Gasteiger partial charge in [0.25, 0.3) is 0 Å². The first kappa shape index (κ1) is 21.6. The highest BCUT2D eigenvalue weighted by atomic mass is 16.6. The number of carboxylic acid groups (broad SMARTS) is 1. The highest BCUT2D eigenvalue weighted by Crippen LogP contribution is 2.48. The molecule has 5 rings (SSSR count). The first-order chi connectivity index (χ1) is 16.1. The first-order valence-electron chi connectivity index (χ1n) is 10.4. The van der Waals surface area contributed by atoms with Crippen molar-refractivity contribution in [1.29, 1.82) is 0 Å². The molecule has 1 saturated heterocycles. The van der Waals surface area contributed by atoms with Crippen molar-refractivity contribution in [1.82, 2.24) is 0 Å². The van der Waals surface area contributed by atoms with E-state index in [2.05, 4.69) is 0 Å². The predicted molar refractivity (Wildman–Crippen MR) is 117 cm³/mol. The van der Waals surface area contributed by atoms with Gasteiger partial charge < -0.3 is 24.5 Å². The van der Waals surface area contributed by atoms with Gasteiger partial charge in [0, 0.05) is 11.6 Å². The summed E-state index contributed by atoms with van der Waals surface area (Å²) in [7, 11) is 0. The van der Waals surface area contributed by atoms with E-state index >= 15 is 0 Å². The minimum absolute atomic E-state index is 0.0161. The van der Waals surface area contributed by atoms with E-state index < -0.39 is 57.6 Å². The Hall–Kier alpha value is -4.24. The molecule has 9 nitrogen and oxygen atoms in total. The number of hydrogen-bond donors (Lipinski definition) is 3. The van der Waals surface area contributed by atoms with Crippen molar-refractivity contribution >= 4 is 28.5 Å². The van der Waals surface area contributed by atoms with Crippen LogP contribution in [0, 0.1) is 0 Å². The van der Waals surface area contributed by atoms with Crippen LogP contribution in [0.1, 0.15) is 57.0 Å². The Balaban J connectivity index is 1.87. The Morgan fingerprint density at radius 3 is 2.32 bits per heavy atom. The van der Waals surface area contributed by atoms with Crippen LogP contribution >= 0.6 is 0 Å². The monoisotopic (exact) mass is 462 g/mol. The molecule has 0 radical (unpaired) electrons. The zero-order valence-corrected chi connectivity index (χ0v) is 18.0. The number of aliphatic carboxylic acids is 1. The third-order valence-corrected chi connectivity index (χ3v) is 6.23. The van der Waals surface area contributed by atoms with Crippen LogP contribution in [-0.2, 0) is 21.6 Å². The predicted octanol–water partition coefficient (Wildman–Crippen LogP) is 2.80. The molecular weight excluding hydrogens is 444 g/mol.